The van der Waals surface area contributed by atoms with Gasteiger partial charge < -0.3 is 29.6 Å². The fourth-order valence-corrected chi connectivity index (χ4v) is 9.34. The predicted octanol–water partition coefficient (Wildman–Crippen LogP) is 5.10. The van der Waals surface area contributed by atoms with E-state index in [0.717, 1.165) is 22.5 Å². The molecule has 4 aromatic rings. The highest BCUT2D eigenvalue weighted by Gasteiger charge is 2.69. The molecular formula is C40H42N6O6. The number of hydrogen-bond acceptors (Lipinski definition) is 10. The van der Waals surface area contributed by atoms with E-state index < -0.39 is 0 Å². The van der Waals surface area contributed by atoms with Crippen molar-refractivity contribution in [2.75, 3.05) is 24.9 Å². The number of aromatic nitrogens is 4. The van der Waals surface area contributed by atoms with Gasteiger partial charge in [-0.2, -0.15) is 0 Å². The molecule has 2 aliphatic carbocycles. The van der Waals surface area contributed by atoms with Crippen molar-refractivity contribution in [1.29, 1.82) is 0 Å². The highest BCUT2D eigenvalue weighted by Crippen LogP contribution is 2.66. The molecule has 52 heavy (non-hydrogen) atoms. The standard InChI is InChI=1S/2C20H21N3O3/c2*1-10-3-4-11(8-21-10)16-17(19-14-7-13(14)18(16)26-19)20(24)23-12-5-6-15(25-2)22-9-12/h2*3-6,8-9,13-14,16-19H,7H2,1-2H3,(H,23,24)/t2*13-,14+,16+,17-,18-,19+/m10/s1. The number of anilines is 2. The molecule has 4 saturated heterocycles. The summed E-state index contributed by atoms with van der Waals surface area (Å²) in [6, 6.07) is 15.3. The average molecular weight is 703 g/mol. The zero-order chi connectivity index (χ0) is 35.7. The molecule has 0 aromatic carbocycles. The zero-order valence-electron chi connectivity index (χ0n) is 29.5. The number of rotatable bonds is 8. The predicted molar refractivity (Wildman–Crippen MR) is 190 cm³/mol. The van der Waals surface area contributed by atoms with Gasteiger partial charge in [-0.1, -0.05) is 12.1 Å². The van der Waals surface area contributed by atoms with E-state index in [1.807, 2.05) is 38.4 Å². The third kappa shape index (κ3) is 5.78. The molecule has 2 amide bonds. The Balaban J connectivity index is 0.000000138. The third-order valence-corrected chi connectivity index (χ3v) is 12.0. The maximum Gasteiger partial charge on any atom is 0.230 e. The molecule has 2 saturated carbocycles. The van der Waals surface area contributed by atoms with Crippen LogP contribution in [0.25, 0.3) is 0 Å². The van der Waals surface area contributed by atoms with Crippen molar-refractivity contribution >= 4 is 23.2 Å². The Morgan fingerprint density at radius 2 is 1.00 bits per heavy atom. The largest absolute Gasteiger partial charge is 0.481 e. The minimum atomic E-state index is -0.185. The number of carbonyl (C=O) groups excluding carboxylic acids is 2. The van der Waals surface area contributed by atoms with Crippen LogP contribution in [0.5, 0.6) is 11.8 Å². The van der Waals surface area contributed by atoms with Gasteiger partial charge in [-0.25, -0.2) is 9.97 Å². The van der Waals surface area contributed by atoms with Gasteiger partial charge in [0.05, 0.1) is 74.2 Å². The summed E-state index contributed by atoms with van der Waals surface area (Å²) in [5.74, 6) is 3.12. The van der Waals surface area contributed by atoms with Crippen LogP contribution in [0.3, 0.4) is 0 Å². The van der Waals surface area contributed by atoms with Crippen LogP contribution in [0, 0.1) is 49.4 Å². The van der Waals surface area contributed by atoms with Gasteiger partial charge in [0.25, 0.3) is 0 Å². The summed E-state index contributed by atoms with van der Waals surface area (Å²) in [7, 11) is 3.14. The fourth-order valence-electron chi connectivity index (χ4n) is 9.34. The molecule has 268 valence electrons. The van der Waals surface area contributed by atoms with Crippen molar-refractivity contribution in [3.05, 3.63) is 95.8 Å². The van der Waals surface area contributed by atoms with Crippen molar-refractivity contribution in [3.8, 4) is 11.8 Å². The number of amides is 2. The molecule has 0 radical (unpaired) electrons. The Hall–Kier alpha value is -4.94. The summed E-state index contributed by atoms with van der Waals surface area (Å²) in [6.45, 7) is 3.94. The number of nitrogens with zero attached hydrogens (tertiary/aromatic N) is 4. The van der Waals surface area contributed by atoms with E-state index in [4.69, 9.17) is 18.9 Å². The van der Waals surface area contributed by atoms with Gasteiger partial charge in [0, 0.05) is 47.8 Å². The monoisotopic (exact) mass is 702 g/mol. The quantitative estimate of drug-likeness (QED) is 0.254. The van der Waals surface area contributed by atoms with Crippen molar-refractivity contribution in [1.82, 2.24) is 19.9 Å². The van der Waals surface area contributed by atoms with Crippen molar-refractivity contribution in [2.45, 2.75) is 62.9 Å². The van der Waals surface area contributed by atoms with Gasteiger partial charge in [0.15, 0.2) is 0 Å². The highest BCUT2D eigenvalue weighted by atomic mass is 16.5. The molecule has 6 fully saturated rings. The SMILES string of the molecule is COc1ccc(NC(=O)[C@@H]2[C@@H]3O[C@@H]([C@H]4C[C@H]43)[C@@H]2c2ccc(C)nc2)cn1.COc1ccc(NC(=O)[C@H]2[C@H]3O[C@H]([C@@H]4C[C@@H]43)[C@H]2c2ccc(C)nc2)cn1. The number of ether oxygens (including phenoxy) is 4. The molecule has 2 N–H and O–H groups in total. The molecule has 0 unspecified atom stereocenters. The second-order valence-corrected chi connectivity index (χ2v) is 15.0. The Morgan fingerprint density at radius 1 is 0.577 bits per heavy atom. The lowest BCUT2D eigenvalue weighted by Gasteiger charge is -2.27. The summed E-state index contributed by atoms with van der Waals surface area (Å²) in [6.07, 6.45) is 9.70. The molecule has 12 nitrogen and oxygen atoms in total. The van der Waals surface area contributed by atoms with Crippen LogP contribution in [0.15, 0.2) is 73.3 Å². The Kier molecular flexibility index (Phi) is 8.19. The lowest BCUT2D eigenvalue weighted by molar-refractivity contribution is -0.122. The van der Waals surface area contributed by atoms with Gasteiger partial charge in [0.1, 0.15) is 0 Å². The maximum absolute atomic E-state index is 13.1. The first-order valence-corrected chi connectivity index (χ1v) is 18.1. The Morgan fingerprint density at radius 3 is 1.35 bits per heavy atom. The Bertz CT molecular complexity index is 1820. The van der Waals surface area contributed by atoms with Crippen molar-refractivity contribution in [2.24, 2.45) is 35.5 Å². The average Bonchev–Trinajstić information content (AvgIpc) is 4.01. The zero-order valence-corrected chi connectivity index (χ0v) is 29.5. The van der Waals surface area contributed by atoms with E-state index in [-0.39, 0.29) is 59.9 Å². The number of nitrogens with one attached hydrogen (secondary N) is 2. The van der Waals surface area contributed by atoms with Crippen LogP contribution < -0.4 is 20.1 Å². The fraction of sp³-hybridized carbons (Fsp3) is 0.450. The van der Waals surface area contributed by atoms with Crippen LogP contribution in [0.4, 0.5) is 11.4 Å². The van der Waals surface area contributed by atoms with E-state index in [0.29, 0.717) is 46.8 Å². The summed E-state index contributed by atoms with van der Waals surface area (Å²) < 4.78 is 22.6. The van der Waals surface area contributed by atoms with E-state index in [1.54, 1.807) is 50.9 Å². The highest BCUT2D eigenvalue weighted by molar-refractivity contribution is 5.95. The van der Waals surface area contributed by atoms with E-state index in [2.05, 4.69) is 42.7 Å². The Labute approximate surface area is 302 Å². The molecule has 0 spiro atoms. The molecule has 6 aliphatic rings. The summed E-state index contributed by atoms with van der Waals surface area (Å²) in [4.78, 5) is 43.4. The minimum Gasteiger partial charge on any atom is -0.481 e. The molecule has 4 bridgehead atoms. The van der Waals surface area contributed by atoms with Gasteiger partial charge in [0.2, 0.25) is 23.6 Å². The van der Waals surface area contributed by atoms with Gasteiger partial charge in [-0.3, -0.25) is 19.6 Å². The van der Waals surface area contributed by atoms with Crippen LogP contribution >= 0.6 is 0 Å². The number of methoxy groups -OCH3 is 2. The van der Waals surface area contributed by atoms with Crippen LogP contribution in [0.1, 0.15) is 47.2 Å². The molecule has 12 heteroatoms. The summed E-state index contributed by atoms with van der Waals surface area (Å²) in [5.41, 5.74) is 5.50. The topological polar surface area (TPSA) is 147 Å². The van der Waals surface area contributed by atoms with Crippen molar-refractivity contribution < 1.29 is 28.5 Å². The smallest absolute Gasteiger partial charge is 0.230 e. The first-order chi connectivity index (χ1) is 25.3. The molecule has 12 atom stereocenters. The third-order valence-electron chi connectivity index (χ3n) is 12.0. The lowest BCUT2D eigenvalue weighted by atomic mass is 9.75. The lowest BCUT2D eigenvalue weighted by Crippen LogP contribution is -2.37. The van der Waals surface area contributed by atoms with Crippen molar-refractivity contribution in [3.63, 3.8) is 0 Å². The van der Waals surface area contributed by atoms with Gasteiger partial charge >= 0.3 is 0 Å². The number of carbonyl (C=O) groups is 2. The second kappa shape index (κ2) is 12.9. The van der Waals surface area contributed by atoms with Crippen LogP contribution in [-0.4, -0.2) is 70.4 Å². The molecule has 4 aromatic heterocycles. The molecule has 4 aliphatic heterocycles. The van der Waals surface area contributed by atoms with Gasteiger partial charge in [-0.05, 0) is 85.8 Å². The maximum atomic E-state index is 13.1. The van der Waals surface area contributed by atoms with E-state index in [9.17, 15) is 9.59 Å². The first kappa shape index (κ1) is 32.9. The van der Waals surface area contributed by atoms with Gasteiger partial charge in [-0.15, -0.1) is 0 Å². The first-order valence-electron chi connectivity index (χ1n) is 18.1. The second-order valence-electron chi connectivity index (χ2n) is 15.0. The van der Waals surface area contributed by atoms with Crippen LogP contribution in [-0.2, 0) is 19.1 Å². The van der Waals surface area contributed by atoms with E-state index in [1.165, 1.54) is 12.8 Å². The molecular weight excluding hydrogens is 660 g/mol. The summed E-state index contributed by atoms with van der Waals surface area (Å²) in [5, 5.41) is 6.03. The number of hydrogen-bond donors (Lipinski definition) is 2. The normalized spacial score (nSPS) is 33.6. The molecule has 8 heterocycles. The minimum absolute atomic E-state index is 0.000363. The number of fused-ring (bicyclic) bond motifs is 10. The van der Waals surface area contributed by atoms with Crippen LogP contribution in [0.2, 0.25) is 0 Å². The number of aryl methyl sites for hydroxylation is 2. The summed E-state index contributed by atoms with van der Waals surface area (Å²) >= 11 is 0. The van der Waals surface area contributed by atoms with E-state index >= 15 is 0 Å². The number of pyridine rings is 4. The molecule has 10 rings (SSSR count).